The minimum Gasteiger partial charge on any atom is -0.380 e. The maximum atomic E-state index is 12.6. The molecule has 6 heteroatoms. The first-order chi connectivity index (χ1) is 11.6. The van der Waals surface area contributed by atoms with Crippen molar-refractivity contribution in [3.05, 3.63) is 70.8 Å². The van der Waals surface area contributed by atoms with Gasteiger partial charge in [0, 0.05) is 26.7 Å². The zero-order valence-electron chi connectivity index (χ0n) is 13.7. The molecule has 3 rings (SSSR count). The third-order valence-electron chi connectivity index (χ3n) is 4.20. The lowest BCUT2D eigenvalue weighted by atomic mass is 10.0. The highest BCUT2D eigenvalue weighted by Gasteiger charge is 2.26. The molecule has 0 fully saturated rings. The largest absolute Gasteiger partial charge is 0.380 e. The molecule has 0 bridgehead atoms. The van der Waals surface area contributed by atoms with Gasteiger partial charge in [0.15, 0.2) is 0 Å². The average molecular weight is 346 g/mol. The Morgan fingerprint density at radius 2 is 1.83 bits per heavy atom. The number of nitrogens with zero attached hydrogens (tertiary/aromatic N) is 1. The Morgan fingerprint density at radius 3 is 2.62 bits per heavy atom. The molecule has 1 aliphatic rings. The fourth-order valence-electron chi connectivity index (χ4n) is 2.94. The van der Waals surface area contributed by atoms with Gasteiger partial charge in [0.05, 0.1) is 6.61 Å². The molecule has 0 atom stereocenters. The van der Waals surface area contributed by atoms with E-state index in [1.807, 2.05) is 42.5 Å². The molecule has 24 heavy (non-hydrogen) atoms. The first kappa shape index (κ1) is 17.1. The van der Waals surface area contributed by atoms with Crippen LogP contribution in [0, 0.1) is 0 Å². The lowest BCUT2D eigenvalue weighted by Gasteiger charge is -2.28. The molecule has 5 nitrogen and oxygen atoms in total. The molecule has 0 aliphatic carbocycles. The van der Waals surface area contributed by atoms with Gasteiger partial charge >= 0.3 is 0 Å². The van der Waals surface area contributed by atoms with Crippen LogP contribution in [0.15, 0.2) is 48.5 Å². The number of hydrogen-bond acceptors (Lipinski definition) is 3. The summed E-state index contributed by atoms with van der Waals surface area (Å²) in [4.78, 5) is 0. The van der Waals surface area contributed by atoms with E-state index in [1.165, 1.54) is 9.87 Å². The lowest BCUT2D eigenvalue weighted by Crippen LogP contribution is -2.43. The van der Waals surface area contributed by atoms with Crippen molar-refractivity contribution in [1.82, 2.24) is 9.03 Å². The standard InChI is InChI=1S/C18H22N2O3S/c1-23-14-16-6-4-5-15(11-16)12-19-24(21,22)20-10-9-17-7-2-3-8-18(17)13-20/h2-8,11,19H,9-10,12-14H2,1H3. The smallest absolute Gasteiger partial charge is 0.280 e. The van der Waals surface area contributed by atoms with Gasteiger partial charge in [-0.05, 0) is 28.7 Å². The van der Waals surface area contributed by atoms with Gasteiger partial charge in [-0.1, -0.05) is 48.5 Å². The van der Waals surface area contributed by atoms with E-state index < -0.39 is 10.2 Å². The van der Waals surface area contributed by atoms with E-state index in [-0.39, 0.29) is 6.54 Å². The molecule has 2 aromatic carbocycles. The van der Waals surface area contributed by atoms with Crippen LogP contribution in [0.25, 0.3) is 0 Å². The van der Waals surface area contributed by atoms with E-state index in [2.05, 4.69) is 10.8 Å². The molecule has 1 aliphatic heterocycles. The fourth-order valence-corrected chi connectivity index (χ4v) is 4.11. The van der Waals surface area contributed by atoms with Crippen LogP contribution in [-0.4, -0.2) is 26.4 Å². The first-order valence-corrected chi connectivity index (χ1v) is 9.41. The minimum absolute atomic E-state index is 0.276. The third kappa shape index (κ3) is 4.02. The number of nitrogens with one attached hydrogen (secondary N) is 1. The third-order valence-corrected chi connectivity index (χ3v) is 5.70. The second-order valence-corrected chi connectivity index (χ2v) is 7.69. The Kier molecular flexibility index (Phi) is 5.30. The maximum absolute atomic E-state index is 12.6. The number of rotatable bonds is 6. The highest BCUT2D eigenvalue weighted by atomic mass is 32.2. The van der Waals surface area contributed by atoms with Gasteiger partial charge in [-0.2, -0.15) is 17.4 Å². The van der Waals surface area contributed by atoms with E-state index in [1.54, 1.807) is 7.11 Å². The number of fused-ring (bicyclic) bond motifs is 1. The monoisotopic (exact) mass is 346 g/mol. The molecule has 1 N–H and O–H groups in total. The van der Waals surface area contributed by atoms with Crippen molar-refractivity contribution in [2.24, 2.45) is 0 Å². The van der Waals surface area contributed by atoms with Gasteiger partial charge in [-0.25, -0.2) is 0 Å². The van der Waals surface area contributed by atoms with E-state index in [0.717, 1.165) is 23.1 Å². The zero-order valence-corrected chi connectivity index (χ0v) is 14.6. The molecule has 0 unspecified atom stereocenters. The van der Waals surface area contributed by atoms with Crippen molar-refractivity contribution in [2.45, 2.75) is 26.1 Å². The van der Waals surface area contributed by atoms with E-state index in [0.29, 0.717) is 19.7 Å². The van der Waals surface area contributed by atoms with Crippen molar-refractivity contribution in [1.29, 1.82) is 0 Å². The minimum atomic E-state index is -3.50. The van der Waals surface area contributed by atoms with Gasteiger partial charge in [0.2, 0.25) is 0 Å². The molecule has 128 valence electrons. The van der Waals surface area contributed by atoms with Crippen LogP contribution in [0.2, 0.25) is 0 Å². The number of methoxy groups -OCH3 is 1. The summed E-state index contributed by atoms with van der Waals surface area (Å²) in [6, 6.07) is 15.7. The summed E-state index contributed by atoms with van der Waals surface area (Å²) in [6.07, 6.45) is 0.750. The van der Waals surface area contributed by atoms with Gasteiger partial charge < -0.3 is 4.74 Å². The summed E-state index contributed by atoms with van der Waals surface area (Å²) in [6.45, 7) is 1.73. The Hall–Kier alpha value is -1.73. The molecule has 0 saturated heterocycles. The first-order valence-electron chi connectivity index (χ1n) is 7.97. The molecule has 0 spiro atoms. The van der Waals surface area contributed by atoms with Crippen molar-refractivity contribution < 1.29 is 13.2 Å². The second kappa shape index (κ2) is 7.44. The van der Waals surface area contributed by atoms with Crippen LogP contribution in [-0.2, 0) is 41.1 Å². The molecule has 0 aromatic heterocycles. The van der Waals surface area contributed by atoms with Crippen LogP contribution >= 0.6 is 0 Å². The summed E-state index contributed by atoms with van der Waals surface area (Å²) in [5.74, 6) is 0. The molecular formula is C18H22N2O3S. The van der Waals surface area contributed by atoms with Crippen LogP contribution in [0.1, 0.15) is 22.3 Å². The normalized spacial score (nSPS) is 15.2. The zero-order chi connectivity index (χ0) is 17.0. The fraction of sp³-hybridized carbons (Fsp3) is 0.333. The van der Waals surface area contributed by atoms with Crippen LogP contribution in [0.3, 0.4) is 0 Å². The van der Waals surface area contributed by atoms with Gasteiger partial charge in [-0.15, -0.1) is 0 Å². The summed E-state index contributed by atoms with van der Waals surface area (Å²) < 4.78 is 34.5. The van der Waals surface area contributed by atoms with Crippen LogP contribution in [0.4, 0.5) is 0 Å². The summed E-state index contributed by atoms with van der Waals surface area (Å²) in [5.41, 5.74) is 4.26. The molecule has 0 saturated carbocycles. The number of hydrogen-bond donors (Lipinski definition) is 1. The lowest BCUT2D eigenvalue weighted by molar-refractivity contribution is 0.185. The van der Waals surface area contributed by atoms with Crippen molar-refractivity contribution in [3.8, 4) is 0 Å². The Morgan fingerprint density at radius 1 is 1.08 bits per heavy atom. The maximum Gasteiger partial charge on any atom is 0.280 e. The summed E-state index contributed by atoms with van der Waals surface area (Å²) >= 11 is 0. The Bertz CT molecular complexity index is 805. The predicted octanol–water partition coefficient (Wildman–Crippen LogP) is 2.23. The average Bonchev–Trinajstić information content (AvgIpc) is 2.60. The Labute approximate surface area is 143 Å². The molecular weight excluding hydrogens is 324 g/mol. The van der Waals surface area contributed by atoms with Gasteiger partial charge in [0.1, 0.15) is 0 Å². The van der Waals surface area contributed by atoms with Gasteiger partial charge in [0.25, 0.3) is 10.2 Å². The molecule has 0 radical (unpaired) electrons. The van der Waals surface area contributed by atoms with E-state index >= 15 is 0 Å². The van der Waals surface area contributed by atoms with Crippen molar-refractivity contribution >= 4 is 10.2 Å². The van der Waals surface area contributed by atoms with Gasteiger partial charge in [-0.3, -0.25) is 0 Å². The number of benzene rings is 2. The van der Waals surface area contributed by atoms with Crippen molar-refractivity contribution in [3.63, 3.8) is 0 Å². The van der Waals surface area contributed by atoms with E-state index in [9.17, 15) is 8.42 Å². The quantitative estimate of drug-likeness (QED) is 0.873. The summed E-state index contributed by atoms with van der Waals surface area (Å²) in [7, 11) is -1.85. The number of ether oxygens (including phenoxy) is 1. The Balaban J connectivity index is 1.65. The highest BCUT2D eigenvalue weighted by Crippen LogP contribution is 2.20. The van der Waals surface area contributed by atoms with E-state index in [4.69, 9.17) is 4.74 Å². The highest BCUT2D eigenvalue weighted by molar-refractivity contribution is 7.87. The van der Waals surface area contributed by atoms with Crippen LogP contribution < -0.4 is 4.72 Å². The topological polar surface area (TPSA) is 58.6 Å². The van der Waals surface area contributed by atoms with Crippen molar-refractivity contribution in [2.75, 3.05) is 13.7 Å². The molecule has 2 aromatic rings. The second-order valence-electron chi connectivity index (χ2n) is 5.93. The predicted molar refractivity (Wildman–Crippen MR) is 93.5 cm³/mol. The molecule has 0 amide bonds. The van der Waals surface area contributed by atoms with Crippen LogP contribution in [0.5, 0.6) is 0 Å². The molecule has 1 heterocycles. The summed E-state index contributed by atoms with van der Waals surface area (Å²) in [5, 5.41) is 0. The SMILES string of the molecule is COCc1cccc(CNS(=O)(=O)N2CCc3ccccc3C2)c1.